The minimum absolute atomic E-state index is 0.191. The number of rotatable bonds is 5. The highest BCUT2D eigenvalue weighted by Crippen LogP contribution is 2.41. The van der Waals surface area contributed by atoms with Crippen LogP contribution in [0.3, 0.4) is 0 Å². The molecule has 0 saturated heterocycles. The molecule has 9 heteroatoms. The molecule has 140 valence electrons. The Morgan fingerprint density at radius 1 is 1.30 bits per heavy atom. The molecule has 0 unspecified atom stereocenters. The van der Waals surface area contributed by atoms with Crippen molar-refractivity contribution in [3.05, 3.63) is 36.2 Å². The van der Waals surface area contributed by atoms with Gasteiger partial charge in [-0.1, -0.05) is 24.6 Å². The number of nitrogens with zero attached hydrogens (tertiary/aromatic N) is 5. The maximum atomic E-state index is 12.7. The molecule has 0 saturated carbocycles. The predicted octanol–water partition coefficient (Wildman–Crippen LogP) is 4.24. The summed E-state index contributed by atoms with van der Waals surface area (Å²) in [7, 11) is 0. The van der Waals surface area contributed by atoms with Crippen molar-refractivity contribution in [2.75, 3.05) is 12.3 Å². The van der Waals surface area contributed by atoms with Crippen molar-refractivity contribution < 1.29 is 13.5 Å². The number of azo groups is 2. The molecule has 0 spiro atoms. The first-order valence-electron chi connectivity index (χ1n) is 8.49. The number of hydrogen-bond donors (Lipinski definition) is 2. The molecule has 2 N–H and O–H groups in total. The van der Waals surface area contributed by atoms with Gasteiger partial charge in [-0.3, -0.25) is 0 Å². The van der Waals surface area contributed by atoms with Crippen LogP contribution in [0.5, 0.6) is 0 Å². The van der Waals surface area contributed by atoms with E-state index in [2.05, 4.69) is 27.8 Å². The number of alkyl halides is 2. The molecule has 3 aromatic rings. The Balaban J connectivity index is 1.81. The fourth-order valence-electron chi connectivity index (χ4n) is 3.27. The summed E-state index contributed by atoms with van der Waals surface area (Å²) in [5.41, 5.74) is 10.7. The molecule has 0 bridgehead atoms. The topological polar surface area (TPSA) is 71.6 Å². The average Bonchev–Trinajstić information content (AvgIpc) is 2.95. The van der Waals surface area contributed by atoms with Crippen LogP contribution in [0.1, 0.15) is 19.5 Å². The van der Waals surface area contributed by atoms with Crippen LogP contribution in [0.4, 0.5) is 26.1 Å². The van der Waals surface area contributed by atoms with E-state index < -0.39 is 13.0 Å². The van der Waals surface area contributed by atoms with Crippen molar-refractivity contribution in [3.63, 3.8) is 0 Å². The minimum Gasteiger partial charge on any atom is -0.367 e. The van der Waals surface area contributed by atoms with Gasteiger partial charge in [0.1, 0.15) is 0 Å². The molecule has 3 heterocycles. The molecule has 0 radical (unpaired) electrons. The summed E-state index contributed by atoms with van der Waals surface area (Å²) in [4.78, 5) is 4.42. The Kier molecular flexibility index (Phi) is 4.14. The second-order valence-corrected chi connectivity index (χ2v) is 8.42. The molecule has 6 nitrogen and oxygen atoms in total. The normalized spacial score (nSPS) is 13.6. The molecule has 1 aliphatic rings. The van der Waals surface area contributed by atoms with Crippen molar-refractivity contribution in [1.29, 1.82) is 0 Å². The van der Waals surface area contributed by atoms with Gasteiger partial charge in [0, 0.05) is 34.1 Å². The van der Waals surface area contributed by atoms with Crippen LogP contribution in [-0.4, -0.2) is 37.0 Å². The van der Waals surface area contributed by atoms with Gasteiger partial charge in [-0.15, -0.1) is 5.10 Å². The van der Waals surface area contributed by atoms with Gasteiger partial charge >= 0.3 is 0 Å². The summed E-state index contributed by atoms with van der Waals surface area (Å²) in [5.74, 6) is 0.191. The van der Waals surface area contributed by atoms with Crippen LogP contribution in [0.25, 0.3) is 16.6 Å². The first-order valence-corrected chi connectivity index (χ1v) is 8.94. The van der Waals surface area contributed by atoms with Crippen LogP contribution in [0.2, 0.25) is 0 Å². The number of thiol groups is 1. The Hall–Kier alpha value is -2.55. The summed E-state index contributed by atoms with van der Waals surface area (Å²) in [6.07, 6.45) is -0.0269. The van der Waals surface area contributed by atoms with Crippen molar-refractivity contribution in [3.8, 4) is 11.1 Å². The summed E-state index contributed by atoms with van der Waals surface area (Å²) in [5, 5.41) is 8.34. The lowest BCUT2D eigenvalue weighted by Crippen LogP contribution is -2.18. The standard InChI is InChI=1S/C18H18F2N6S/c1-18(2,27)8-13-16-11(5-6-25(16)24-17(21)22-13)10-3-4-12-14(7-10)26(23-12)9-15(19)20/h3-7,15H,8-9H2,1-2H3,(H2-,21,22,24,27)/p+1. The maximum Gasteiger partial charge on any atom is 0.298 e. The van der Waals surface area contributed by atoms with Gasteiger partial charge in [-0.25, -0.2) is 18.3 Å². The van der Waals surface area contributed by atoms with Crippen molar-refractivity contribution in [2.24, 2.45) is 5.11 Å². The van der Waals surface area contributed by atoms with E-state index in [-0.39, 0.29) is 10.7 Å². The van der Waals surface area contributed by atoms with Crippen molar-refractivity contribution in [1.82, 2.24) is 14.6 Å². The lowest BCUT2D eigenvalue weighted by Gasteiger charge is -2.18. The van der Waals surface area contributed by atoms with Crippen LogP contribution < -0.4 is 5.73 Å². The van der Waals surface area contributed by atoms with E-state index >= 15 is 0 Å². The van der Waals surface area contributed by atoms with Gasteiger partial charge in [0.25, 0.3) is 12.1 Å². The molecular weight excluding hydrogens is 370 g/mol. The molecule has 0 fully saturated rings. The van der Waals surface area contributed by atoms with Crippen LogP contribution >= 0.6 is 12.6 Å². The molecule has 0 amide bonds. The SMILES string of the molecule is CC(C)(S)Cc1nc(N)nn2ccc(-c3ccc4c(c3)[N+](CC(F)F)=N4)c12. The maximum absolute atomic E-state index is 12.7. The summed E-state index contributed by atoms with van der Waals surface area (Å²) in [6.45, 7) is 3.59. The van der Waals surface area contributed by atoms with Crippen molar-refractivity contribution >= 4 is 35.5 Å². The molecule has 1 aromatic carbocycles. The first-order chi connectivity index (χ1) is 12.7. The minimum atomic E-state index is -2.44. The number of halogens is 2. The molecule has 1 aliphatic heterocycles. The zero-order chi connectivity index (χ0) is 19.3. The molecule has 2 aromatic heterocycles. The highest BCUT2D eigenvalue weighted by molar-refractivity contribution is 7.81. The van der Waals surface area contributed by atoms with E-state index in [4.69, 9.17) is 5.73 Å². The molecule has 0 atom stereocenters. The molecule has 27 heavy (non-hydrogen) atoms. The highest BCUT2D eigenvalue weighted by Gasteiger charge is 2.32. The number of benzene rings is 1. The second-order valence-electron chi connectivity index (χ2n) is 7.21. The Morgan fingerprint density at radius 2 is 2.07 bits per heavy atom. The predicted molar refractivity (Wildman–Crippen MR) is 102 cm³/mol. The largest absolute Gasteiger partial charge is 0.367 e. The van der Waals surface area contributed by atoms with Gasteiger partial charge in [-0.05, 0) is 17.7 Å². The zero-order valence-corrected chi connectivity index (χ0v) is 15.8. The van der Waals surface area contributed by atoms with Gasteiger partial charge in [0.15, 0.2) is 0 Å². The average molecular weight is 389 g/mol. The van der Waals surface area contributed by atoms with Gasteiger partial charge in [-0.2, -0.15) is 12.6 Å². The summed E-state index contributed by atoms with van der Waals surface area (Å²) in [6, 6.07) is 7.54. The Bertz CT molecular complexity index is 1070. The third kappa shape index (κ3) is 3.39. The Morgan fingerprint density at radius 3 is 2.78 bits per heavy atom. The fourth-order valence-corrected chi connectivity index (χ4v) is 3.42. The van der Waals surface area contributed by atoms with E-state index in [0.717, 1.165) is 22.3 Å². The first kappa shape index (κ1) is 17.8. The van der Waals surface area contributed by atoms with Gasteiger partial charge in [0.05, 0.1) is 11.2 Å². The number of nitrogen functional groups attached to an aromatic ring is 1. The van der Waals surface area contributed by atoms with Gasteiger partial charge in [0.2, 0.25) is 18.2 Å². The number of anilines is 1. The van der Waals surface area contributed by atoms with Crippen molar-refractivity contribution in [2.45, 2.75) is 31.4 Å². The number of nitrogens with two attached hydrogens (primary N) is 1. The lowest BCUT2D eigenvalue weighted by molar-refractivity contribution is -0.536. The van der Waals surface area contributed by atoms with E-state index in [1.807, 2.05) is 44.3 Å². The molecular formula is C18H19F2N6S+. The van der Waals surface area contributed by atoms with Crippen LogP contribution in [0, 0.1) is 0 Å². The van der Waals surface area contributed by atoms with Crippen LogP contribution in [-0.2, 0) is 6.42 Å². The number of hydrogen-bond acceptors (Lipinski definition) is 5. The van der Waals surface area contributed by atoms with E-state index in [9.17, 15) is 8.78 Å². The fraction of sp³-hybridized carbons (Fsp3) is 0.333. The third-order valence-electron chi connectivity index (χ3n) is 4.30. The van der Waals surface area contributed by atoms with E-state index in [1.54, 1.807) is 4.52 Å². The highest BCUT2D eigenvalue weighted by atomic mass is 32.1. The monoisotopic (exact) mass is 389 g/mol. The zero-order valence-electron chi connectivity index (χ0n) is 14.9. The summed E-state index contributed by atoms with van der Waals surface area (Å²) >= 11 is 4.61. The Labute approximate surface area is 160 Å². The van der Waals surface area contributed by atoms with Crippen LogP contribution in [0.15, 0.2) is 35.6 Å². The number of fused-ring (bicyclic) bond motifs is 2. The van der Waals surface area contributed by atoms with E-state index in [1.165, 1.54) is 4.70 Å². The third-order valence-corrected chi connectivity index (χ3v) is 4.46. The molecule has 0 aliphatic carbocycles. The summed E-state index contributed by atoms with van der Waals surface area (Å²) < 4.78 is 28.1. The smallest absolute Gasteiger partial charge is 0.298 e. The quantitative estimate of drug-likeness (QED) is 0.507. The number of aromatic nitrogens is 3. The lowest BCUT2D eigenvalue weighted by atomic mass is 10.0. The van der Waals surface area contributed by atoms with E-state index in [0.29, 0.717) is 17.8 Å². The molecule has 4 rings (SSSR count). The van der Waals surface area contributed by atoms with Gasteiger partial charge < -0.3 is 5.73 Å². The second kappa shape index (κ2) is 6.26.